The smallest absolute Gasteiger partial charge is 0.387 e. The highest BCUT2D eigenvalue weighted by Crippen LogP contribution is 2.32. The molecule has 6 heteroatoms. The number of ether oxygens (including phenoxy) is 1. The van der Waals surface area contributed by atoms with Gasteiger partial charge in [-0.1, -0.05) is 18.2 Å². The van der Waals surface area contributed by atoms with Gasteiger partial charge in [-0.15, -0.1) is 0 Å². The Kier molecular flexibility index (Phi) is 5.18. The third kappa shape index (κ3) is 4.07. The van der Waals surface area contributed by atoms with E-state index in [0.717, 1.165) is 24.0 Å². The van der Waals surface area contributed by atoms with E-state index in [9.17, 15) is 18.3 Å². The first-order valence-electron chi connectivity index (χ1n) is 8.21. The molecule has 134 valence electrons. The zero-order chi connectivity index (χ0) is 18.0. The van der Waals surface area contributed by atoms with Crippen LogP contribution in [-0.4, -0.2) is 24.8 Å². The molecule has 1 atom stereocenters. The number of halogens is 3. The minimum atomic E-state index is -2.88. The van der Waals surface area contributed by atoms with Crippen LogP contribution in [0.5, 0.6) is 5.75 Å². The SMILES string of the molecule is Cc1cc(F)c2c(c1)CCCN2CC(O)c1ccc(OC(F)F)cc1. The number of aryl methyl sites for hydroxylation is 2. The normalized spacial score (nSPS) is 15.2. The van der Waals surface area contributed by atoms with Gasteiger partial charge >= 0.3 is 6.61 Å². The zero-order valence-electron chi connectivity index (χ0n) is 13.9. The third-order valence-electron chi connectivity index (χ3n) is 4.36. The molecule has 0 saturated carbocycles. The molecule has 1 unspecified atom stereocenters. The van der Waals surface area contributed by atoms with Crippen LogP contribution in [0.2, 0.25) is 0 Å². The molecule has 1 aliphatic heterocycles. The van der Waals surface area contributed by atoms with Gasteiger partial charge in [-0.05, 0) is 54.7 Å². The second kappa shape index (κ2) is 7.35. The molecule has 2 aromatic rings. The molecule has 0 aromatic heterocycles. The Morgan fingerprint density at radius 1 is 1.20 bits per heavy atom. The largest absolute Gasteiger partial charge is 0.435 e. The summed E-state index contributed by atoms with van der Waals surface area (Å²) in [7, 11) is 0. The molecule has 3 rings (SSSR count). The highest BCUT2D eigenvalue weighted by atomic mass is 19.3. The van der Waals surface area contributed by atoms with E-state index in [4.69, 9.17) is 0 Å². The summed E-state index contributed by atoms with van der Waals surface area (Å²) in [5.41, 5.74) is 2.96. The maximum Gasteiger partial charge on any atom is 0.387 e. The van der Waals surface area contributed by atoms with Crippen molar-refractivity contribution in [1.29, 1.82) is 0 Å². The quantitative estimate of drug-likeness (QED) is 0.875. The molecule has 0 amide bonds. The van der Waals surface area contributed by atoms with E-state index in [1.807, 2.05) is 17.9 Å². The van der Waals surface area contributed by atoms with E-state index in [0.29, 0.717) is 17.8 Å². The highest BCUT2D eigenvalue weighted by Gasteiger charge is 2.23. The summed E-state index contributed by atoms with van der Waals surface area (Å²) < 4.78 is 43.1. The topological polar surface area (TPSA) is 32.7 Å². The molecular weight excluding hydrogens is 331 g/mol. The maximum atomic E-state index is 14.4. The lowest BCUT2D eigenvalue weighted by atomic mass is 9.98. The number of fused-ring (bicyclic) bond motifs is 1. The molecular formula is C19H20F3NO2. The Bertz CT molecular complexity index is 734. The van der Waals surface area contributed by atoms with E-state index >= 15 is 0 Å². The fourth-order valence-corrected chi connectivity index (χ4v) is 3.29. The van der Waals surface area contributed by atoms with Crippen LogP contribution in [0.3, 0.4) is 0 Å². The number of alkyl halides is 2. The van der Waals surface area contributed by atoms with Crippen LogP contribution in [0, 0.1) is 12.7 Å². The van der Waals surface area contributed by atoms with Crippen LogP contribution in [0.4, 0.5) is 18.9 Å². The van der Waals surface area contributed by atoms with Crippen LogP contribution in [0.25, 0.3) is 0 Å². The molecule has 1 N–H and O–H groups in total. The summed E-state index contributed by atoms with van der Waals surface area (Å²) in [5, 5.41) is 10.5. The van der Waals surface area contributed by atoms with Crippen LogP contribution in [0.1, 0.15) is 29.2 Å². The Hall–Kier alpha value is -2.21. The molecule has 1 heterocycles. The molecule has 0 aliphatic carbocycles. The van der Waals surface area contributed by atoms with Crippen LogP contribution in [0.15, 0.2) is 36.4 Å². The minimum Gasteiger partial charge on any atom is -0.435 e. The average molecular weight is 351 g/mol. The lowest BCUT2D eigenvalue weighted by Gasteiger charge is -2.33. The first-order chi connectivity index (χ1) is 11.9. The molecule has 2 aromatic carbocycles. The molecule has 0 spiro atoms. The van der Waals surface area contributed by atoms with Crippen LogP contribution >= 0.6 is 0 Å². The van der Waals surface area contributed by atoms with Crippen molar-refractivity contribution in [2.45, 2.75) is 32.5 Å². The summed E-state index contributed by atoms with van der Waals surface area (Å²) in [4.78, 5) is 1.85. The van der Waals surface area contributed by atoms with E-state index in [1.54, 1.807) is 12.1 Å². The summed E-state index contributed by atoms with van der Waals surface area (Å²) in [5.74, 6) is -0.238. The summed E-state index contributed by atoms with van der Waals surface area (Å²) >= 11 is 0. The maximum absolute atomic E-state index is 14.4. The monoisotopic (exact) mass is 351 g/mol. The van der Waals surface area contributed by atoms with Gasteiger partial charge in [-0.25, -0.2) is 4.39 Å². The van der Waals surface area contributed by atoms with Gasteiger partial charge in [0.1, 0.15) is 11.6 Å². The summed E-state index contributed by atoms with van der Waals surface area (Å²) in [6.07, 6.45) is 0.858. The van der Waals surface area contributed by atoms with Crippen molar-refractivity contribution >= 4 is 5.69 Å². The lowest BCUT2D eigenvalue weighted by molar-refractivity contribution is -0.0498. The Morgan fingerprint density at radius 3 is 2.60 bits per heavy atom. The fraction of sp³-hybridized carbons (Fsp3) is 0.368. The number of rotatable bonds is 5. The Balaban J connectivity index is 1.75. The number of hydrogen-bond acceptors (Lipinski definition) is 3. The van der Waals surface area contributed by atoms with Gasteiger partial charge in [0.25, 0.3) is 0 Å². The standard InChI is InChI=1S/C19H20F3NO2/c1-12-9-14-3-2-8-23(18(14)16(20)10-12)11-17(24)13-4-6-15(7-5-13)25-19(21)22/h4-7,9-10,17,19,24H,2-3,8,11H2,1H3. The van der Waals surface area contributed by atoms with Crippen LogP contribution in [-0.2, 0) is 6.42 Å². The third-order valence-corrected chi connectivity index (χ3v) is 4.36. The molecule has 0 bridgehead atoms. The van der Waals surface area contributed by atoms with Gasteiger partial charge in [0.2, 0.25) is 0 Å². The number of aliphatic hydroxyl groups is 1. The highest BCUT2D eigenvalue weighted by molar-refractivity contribution is 5.58. The zero-order valence-corrected chi connectivity index (χ0v) is 13.9. The van der Waals surface area contributed by atoms with Crippen molar-refractivity contribution in [2.24, 2.45) is 0 Å². The molecule has 0 radical (unpaired) electrons. The van der Waals surface area contributed by atoms with Crippen LogP contribution < -0.4 is 9.64 Å². The molecule has 3 nitrogen and oxygen atoms in total. The van der Waals surface area contributed by atoms with Gasteiger partial charge in [-0.2, -0.15) is 8.78 Å². The minimum absolute atomic E-state index is 0.0378. The number of aliphatic hydroxyl groups excluding tert-OH is 1. The molecule has 0 saturated heterocycles. The molecule has 25 heavy (non-hydrogen) atoms. The number of benzene rings is 2. The van der Waals surface area contributed by atoms with Gasteiger partial charge in [0.05, 0.1) is 11.8 Å². The van der Waals surface area contributed by atoms with E-state index < -0.39 is 12.7 Å². The first kappa shape index (κ1) is 17.6. The second-order valence-electron chi connectivity index (χ2n) is 6.27. The van der Waals surface area contributed by atoms with E-state index in [1.165, 1.54) is 18.2 Å². The van der Waals surface area contributed by atoms with Gasteiger partial charge in [-0.3, -0.25) is 0 Å². The number of nitrogens with zero attached hydrogens (tertiary/aromatic N) is 1. The Labute approximate surface area is 144 Å². The summed E-state index contributed by atoms with van der Waals surface area (Å²) in [6.45, 7) is -0.120. The number of β-amino-alcohol motifs (C(OH)–C–C–N with tert-alkyl or cyclic N) is 1. The second-order valence-corrected chi connectivity index (χ2v) is 6.27. The molecule has 1 aliphatic rings. The van der Waals surface area contributed by atoms with Crippen molar-refractivity contribution in [1.82, 2.24) is 0 Å². The first-order valence-corrected chi connectivity index (χ1v) is 8.21. The van der Waals surface area contributed by atoms with Crippen molar-refractivity contribution in [3.63, 3.8) is 0 Å². The number of anilines is 1. The van der Waals surface area contributed by atoms with Crippen molar-refractivity contribution in [3.05, 3.63) is 58.9 Å². The van der Waals surface area contributed by atoms with Gasteiger partial charge in [0.15, 0.2) is 0 Å². The predicted octanol–water partition coefficient (Wildman–Crippen LogP) is 4.22. The van der Waals surface area contributed by atoms with Gasteiger partial charge in [0, 0.05) is 13.1 Å². The van der Waals surface area contributed by atoms with Crippen molar-refractivity contribution < 1.29 is 23.0 Å². The molecule has 0 fully saturated rings. The Morgan fingerprint density at radius 2 is 1.92 bits per heavy atom. The predicted molar refractivity (Wildman–Crippen MR) is 89.7 cm³/mol. The lowest BCUT2D eigenvalue weighted by Crippen LogP contribution is -2.34. The van der Waals surface area contributed by atoms with E-state index in [-0.39, 0.29) is 18.1 Å². The number of hydrogen-bond donors (Lipinski definition) is 1. The fourth-order valence-electron chi connectivity index (χ4n) is 3.29. The van der Waals surface area contributed by atoms with Crippen molar-refractivity contribution in [3.8, 4) is 5.75 Å². The van der Waals surface area contributed by atoms with E-state index in [2.05, 4.69) is 4.74 Å². The van der Waals surface area contributed by atoms with Gasteiger partial charge < -0.3 is 14.7 Å². The summed E-state index contributed by atoms with van der Waals surface area (Å²) in [6, 6.07) is 9.34. The average Bonchev–Trinajstić information content (AvgIpc) is 2.54. The van der Waals surface area contributed by atoms with Crippen molar-refractivity contribution in [2.75, 3.05) is 18.0 Å².